The molecule has 30 heavy (non-hydrogen) atoms. The first kappa shape index (κ1) is 19.6. The number of rotatable bonds is 5. The summed E-state index contributed by atoms with van der Waals surface area (Å²) in [5.41, 5.74) is 1.29. The van der Waals surface area contributed by atoms with Gasteiger partial charge < -0.3 is 9.73 Å². The second kappa shape index (κ2) is 7.60. The number of nitrogens with zero attached hydrogens (tertiary/aromatic N) is 3. The van der Waals surface area contributed by atoms with Crippen molar-refractivity contribution in [3.05, 3.63) is 91.3 Å². The van der Waals surface area contributed by atoms with Crippen LogP contribution in [0.4, 0.5) is 15.8 Å². The van der Waals surface area contributed by atoms with Crippen LogP contribution in [0.2, 0.25) is 5.02 Å². The van der Waals surface area contributed by atoms with Crippen molar-refractivity contribution in [2.75, 3.05) is 5.32 Å². The van der Waals surface area contributed by atoms with Gasteiger partial charge in [-0.1, -0.05) is 11.6 Å². The summed E-state index contributed by atoms with van der Waals surface area (Å²) in [6.07, 6.45) is 1.38. The minimum absolute atomic E-state index is 0.0943. The maximum absolute atomic E-state index is 13.5. The largest absolute Gasteiger partial charge is 0.459 e. The average Bonchev–Trinajstić information content (AvgIpc) is 3.04. The Kier molecular flexibility index (Phi) is 4.96. The van der Waals surface area contributed by atoms with Crippen LogP contribution >= 0.6 is 11.6 Å². The van der Waals surface area contributed by atoms with E-state index in [1.165, 1.54) is 42.6 Å². The topological polar surface area (TPSA) is 103 Å². The highest BCUT2D eigenvalue weighted by molar-refractivity contribution is 6.32. The van der Waals surface area contributed by atoms with Gasteiger partial charge in [0.1, 0.15) is 22.2 Å². The number of nitrogens with one attached hydrogen (secondary N) is 1. The Morgan fingerprint density at radius 1 is 1.27 bits per heavy atom. The molecule has 0 aliphatic carbocycles. The highest BCUT2D eigenvalue weighted by Gasteiger charge is 2.15. The van der Waals surface area contributed by atoms with Gasteiger partial charge in [-0.15, -0.1) is 0 Å². The molecular weight excluding hydrogens is 415 g/mol. The van der Waals surface area contributed by atoms with E-state index >= 15 is 0 Å². The van der Waals surface area contributed by atoms with Crippen LogP contribution in [0.15, 0.2) is 57.9 Å². The highest BCUT2D eigenvalue weighted by Crippen LogP contribution is 2.27. The first-order valence-electron chi connectivity index (χ1n) is 8.79. The fourth-order valence-electron chi connectivity index (χ4n) is 3.04. The lowest BCUT2D eigenvalue weighted by molar-refractivity contribution is -0.384. The molecule has 8 nitrogen and oxygen atoms in total. The molecule has 152 valence electrons. The second-order valence-corrected chi connectivity index (χ2v) is 6.88. The molecule has 2 aromatic carbocycles. The van der Waals surface area contributed by atoms with E-state index in [1.54, 1.807) is 6.07 Å². The van der Waals surface area contributed by atoms with Crippen molar-refractivity contribution < 1.29 is 13.7 Å². The van der Waals surface area contributed by atoms with E-state index in [-0.39, 0.29) is 23.1 Å². The Labute approximate surface area is 173 Å². The number of furan rings is 1. The molecule has 2 aromatic heterocycles. The smallest absolute Gasteiger partial charge is 0.292 e. The normalized spacial score (nSPS) is 11.0. The zero-order valence-corrected chi connectivity index (χ0v) is 16.3. The van der Waals surface area contributed by atoms with Crippen LogP contribution in [0.25, 0.3) is 16.7 Å². The number of hydrogen-bond donors (Lipinski definition) is 1. The predicted octanol–water partition coefficient (Wildman–Crippen LogP) is 4.60. The first-order chi connectivity index (χ1) is 14.3. The lowest BCUT2D eigenvalue weighted by Gasteiger charge is -2.10. The quantitative estimate of drug-likeness (QED) is 0.368. The summed E-state index contributed by atoms with van der Waals surface area (Å²) in [4.78, 5) is 22.8. The molecule has 10 heteroatoms. The molecule has 0 saturated heterocycles. The van der Waals surface area contributed by atoms with E-state index in [4.69, 9.17) is 16.0 Å². The molecule has 0 bridgehead atoms. The highest BCUT2D eigenvalue weighted by atomic mass is 35.5. The van der Waals surface area contributed by atoms with Crippen molar-refractivity contribution in [2.24, 2.45) is 0 Å². The van der Waals surface area contributed by atoms with E-state index in [2.05, 4.69) is 10.4 Å². The zero-order chi connectivity index (χ0) is 21.4. The molecule has 4 aromatic rings. The van der Waals surface area contributed by atoms with Gasteiger partial charge in [-0.2, -0.15) is 9.78 Å². The minimum Gasteiger partial charge on any atom is -0.459 e. The summed E-state index contributed by atoms with van der Waals surface area (Å²) in [6, 6.07) is 9.65. The van der Waals surface area contributed by atoms with E-state index < -0.39 is 10.5 Å². The Balaban J connectivity index is 1.59. The monoisotopic (exact) mass is 428 g/mol. The molecule has 0 atom stereocenters. The van der Waals surface area contributed by atoms with Crippen LogP contribution in [-0.4, -0.2) is 14.7 Å². The van der Waals surface area contributed by atoms with Crippen molar-refractivity contribution in [3.8, 4) is 5.69 Å². The van der Waals surface area contributed by atoms with E-state index in [0.29, 0.717) is 28.1 Å². The molecule has 1 N–H and O–H groups in total. The fraction of sp³-hybridized carbons (Fsp3) is 0.100. The molecule has 0 aliphatic heterocycles. The van der Waals surface area contributed by atoms with Gasteiger partial charge in [0.25, 0.3) is 11.2 Å². The summed E-state index contributed by atoms with van der Waals surface area (Å²) in [7, 11) is 0. The number of hydrogen-bond acceptors (Lipinski definition) is 6. The summed E-state index contributed by atoms with van der Waals surface area (Å²) in [5, 5.41) is 18.4. The van der Waals surface area contributed by atoms with Gasteiger partial charge in [0.2, 0.25) is 0 Å². The SMILES string of the molecule is Cc1c(CNc2cnn(-c3ccc([N+](=O)[O-])cc3)c(=O)c2Cl)oc2ccc(F)cc12. The molecule has 0 amide bonds. The molecular formula is C20H14ClFN4O4. The van der Waals surface area contributed by atoms with Crippen LogP contribution in [0, 0.1) is 22.9 Å². The molecule has 4 rings (SSSR count). The zero-order valence-electron chi connectivity index (χ0n) is 15.6. The van der Waals surface area contributed by atoms with Crippen molar-refractivity contribution >= 4 is 33.9 Å². The van der Waals surface area contributed by atoms with Crippen LogP contribution in [-0.2, 0) is 6.54 Å². The van der Waals surface area contributed by atoms with Crippen molar-refractivity contribution in [3.63, 3.8) is 0 Å². The second-order valence-electron chi connectivity index (χ2n) is 6.51. The third-order valence-corrected chi connectivity index (χ3v) is 5.03. The van der Waals surface area contributed by atoms with Gasteiger partial charge in [-0.25, -0.2) is 4.39 Å². The number of aryl methyl sites for hydroxylation is 1. The fourth-order valence-corrected chi connectivity index (χ4v) is 3.24. The number of nitro benzene ring substituents is 1. The van der Waals surface area contributed by atoms with Gasteiger partial charge in [0.15, 0.2) is 0 Å². The maximum Gasteiger partial charge on any atom is 0.292 e. The van der Waals surface area contributed by atoms with Gasteiger partial charge in [0, 0.05) is 23.1 Å². The number of anilines is 1. The first-order valence-corrected chi connectivity index (χ1v) is 9.17. The average molecular weight is 429 g/mol. The summed E-state index contributed by atoms with van der Waals surface area (Å²) in [6.45, 7) is 2.03. The van der Waals surface area contributed by atoms with Gasteiger partial charge in [0.05, 0.1) is 29.0 Å². The van der Waals surface area contributed by atoms with Gasteiger partial charge in [-0.3, -0.25) is 14.9 Å². The number of halogens is 2. The summed E-state index contributed by atoms with van der Waals surface area (Å²) >= 11 is 6.21. The molecule has 0 radical (unpaired) electrons. The van der Waals surface area contributed by atoms with E-state index in [9.17, 15) is 19.3 Å². The molecule has 0 fully saturated rings. The Bertz CT molecular complexity index is 1330. The maximum atomic E-state index is 13.5. The number of aromatic nitrogens is 2. The Morgan fingerprint density at radius 3 is 2.70 bits per heavy atom. The van der Waals surface area contributed by atoms with Gasteiger partial charge >= 0.3 is 0 Å². The standard InChI is InChI=1S/C20H14ClFN4O4/c1-11-15-8-12(22)2-7-17(15)30-18(11)10-23-16-9-24-25(20(27)19(16)21)13-3-5-14(6-4-13)26(28)29/h2-9,23H,10H2,1H3. The van der Waals surface area contributed by atoms with Crippen molar-refractivity contribution in [2.45, 2.75) is 13.5 Å². The Hall–Kier alpha value is -3.72. The summed E-state index contributed by atoms with van der Waals surface area (Å²) < 4.78 is 20.2. The molecule has 0 unspecified atom stereocenters. The third-order valence-electron chi connectivity index (χ3n) is 4.66. The van der Waals surface area contributed by atoms with Gasteiger partial charge in [-0.05, 0) is 37.3 Å². The van der Waals surface area contributed by atoms with Crippen LogP contribution < -0.4 is 10.9 Å². The lowest BCUT2D eigenvalue weighted by atomic mass is 10.1. The van der Waals surface area contributed by atoms with Crippen LogP contribution in [0.5, 0.6) is 0 Å². The van der Waals surface area contributed by atoms with E-state index in [1.807, 2.05) is 6.92 Å². The number of benzene rings is 2. The molecule has 0 saturated carbocycles. The lowest BCUT2D eigenvalue weighted by Crippen LogP contribution is -2.22. The molecule has 0 spiro atoms. The number of nitro groups is 1. The van der Waals surface area contributed by atoms with E-state index in [0.717, 1.165) is 10.2 Å². The van der Waals surface area contributed by atoms with Crippen LogP contribution in [0.3, 0.4) is 0 Å². The predicted molar refractivity (Wildman–Crippen MR) is 110 cm³/mol. The number of fused-ring (bicyclic) bond motifs is 1. The molecule has 0 aliphatic rings. The third kappa shape index (κ3) is 3.50. The minimum atomic E-state index is -0.584. The van der Waals surface area contributed by atoms with Crippen molar-refractivity contribution in [1.29, 1.82) is 0 Å². The number of non-ortho nitro benzene ring substituents is 1. The van der Waals surface area contributed by atoms with Crippen LogP contribution in [0.1, 0.15) is 11.3 Å². The summed E-state index contributed by atoms with van der Waals surface area (Å²) in [5.74, 6) is 0.222. The van der Waals surface area contributed by atoms with Crippen molar-refractivity contribution in [1.82, 2.24) is 9.78 Å². The molecule has 2 heterocycles. The Morgan fingerprint density at radius 2 is 2.00 bits per heavy atom.